The predicted molar refractivity (Wildman–Crippen MR) is 73.7 cm³/mol. The number of benzene rings is 1. The van der Waals surface area contributed by atoms with E-state index in [-0.39, 0.29) is 23.5 Å². The van der Waals surface area contributed by atoms with Gasteiger partial charge in [-0.05, 0) is 30.3 Å². The number of hydrogen-bond acceptors (Lipinski definition) is 2. The summed E-state index contributed by atoms with van der Waals surface area (Å²) in [6.45, 7) is 0. The summed E-state index contributed by atoms with van der Waals surface area (Å²) in [7, 11) is 0. The Balaban J connectivity index is 2.16. The van der Waals surface area contributed by atoms with Crippen LogP contribution >= 0.6 is 23.2 Å². The zero-order valence-corrected chi connectivity index (χ0v) is 11.9. The highest BCUT2D eigenvalue weighted by atomic mass is 35.5. The van der Waals surface area contributed by atoms with Gasteiger partial charge in [-0.15, -0.1) is 0 Å². The van der Waals surface area contributed by atoms with E-state index in [0.29, 0.717) is 16.2 Å². The number of rotatable bonds is 3. The van der Waals surface area contributed by atoms with Gasteiger partial charge in [0.15, 0.2) is 5.78 Å². The van der Waals surface area contributed by atoms with E-state index in [1.54, 1.807) is 0 Å². The van der Waals surface area contributed by atoms with Gasteiger partial charge in [-0.3, -0.25) is 9.78 Å². The van der Waals surface area contributed by atoms with E-state index in [9.17, 15) is 18.0 Å². The van der Waals surface area contributed by atoms with Crippen molar-refractivity contribution in [2.24, 2.45) is 0 Å². The molecule has 1 aromatic heterocycles. The van der Waals surface area contributed by atoms with Crippen LogP contribution in [0.4, 0.5) is 13.2 Å². The minimum absolute atomic E-state index is 0.130. The number of pyridine rings is 1. The molecule has 0 aliphatic rings. The van der Waals surface area contributed by atoms with Crippen molar-refractivity contribution in [3.63, 3.8) is 0 Å². The van der Waals surface area contributed by atoms with Crippen LogP contribution in [0.5, 0.6) is 0 Å². The average Bonchev–Trinajstić information content (AvgIpc) is 2.37. The fourth-order valence-electron chi connectivity index (χ4n) is 1.68. The molecule has 0 atom stereocenters. The highest BCUT2D eigenvalue weighted by molar-refractivity contribution is 6.35. The molecule has 0 bridgehead atoms. The number of carbonyl (C=O) groups is 1. The number of carbonyl (C=O) groups excluding carboxylic acids is 1. The summed E-state index contributed by atoms with van der Waals surface area (Å²) in [5.74, 6) is -0.327. The molecule has 0 aliphatic carbocycles. The molecule has 2 rings (SSSR count). The molecule has 0 amide bonds. The SMILES string of the molecule is O=C(Cc1ccc(C(F)(F)F)cn1)c1cc(Cl)cc(Cl)c1. The van der Waals surface area contributed by atoms with Crippen LogP contribution in [0, 0.1) is 0 Å². The Hall–Kier alpha value is -1.59. The molecule has 110 valence electrons. The van der Waals surface area contributed by atoms with E-state index in [2.05, 4.69) is 4.98 Å². The third-order valence-corrected chi connectivity index (χ3v) is 3.11. The molecule has 0 spiro atoms. The van der Waals surface area contributed by atoms with Crippen LogP contribution in [0.15, 0.2) is 36.5 Å². The van der Waals surface area contributed by atoms with Gasteiger partial charge in [0.2, 0.25) is 0 Å². The minimum atomic E-state index is -4.45. The van der Waals surface area contributed by atoms with Crippen molar-refractivity contribution < 1.29 is 18.0 Å². The molecule has 21 heavy (non-hydrogen) atoms. The maximum Gasteiger partial charge on any atom is 0.417 e. The van der Waals surface area contributed by atoms with E-state index in [1.807, 2.05) is 0 Å². The molecule has 2 nitrogen and oxygen atoms in total. The van der Waals surface area contributed by atoms with Crippen LogP contribution < -0.4 is 0 Å². The van der Waals surface area contributed by atoms with Gasteiger partial charge in [0, 0.05) is 27.5 Å². The van der Waals surface area contributed by atoms with Crippen LogP contribution in [0.1, 0.15) is 21.6 Å². The molecule has 0 radical (unpaired) electrons. The third-order valence-electron chi connectivity index (χ3n) is 2.68. The Kier molecular flexibility index (Phi) is 4.54. The van der Waals surface area contributed by atoms with E-state index in [4.69, 9.17) is 23.2 Å². The number of Topliss-reactive ketones (excluding diaryl/α,β-unsaturated/α-hetero) is 1. The molecule has 2 aromatic rings. The second-order valence-corrected chi connectivity index (χ2v) is 5.17. The Morgan fingerprint density at radius 3 is 2.19 bits per heavy atom. The lowest BCUT2D eigenvalue weighted by Crippen LogP contribution is -2.08. The molecule has 1 aromatic carbocycles. The van der Waals surface area contributed by atoms with Crippen molar-refractivity contribution in [2.45, 2.75) is 12.6 Å². The second-order valence-electron chi connectivity index (χ2n) is 4.29. The number of nitrogens with zero attached hydrogens (tertiary/aromatic N) is 1. The largest absolute Gasteiger partial charge is 0.417 e. The van der Waals surface area contributed by atoms with E-state index >= 15 is 0 Å². The zero-order chi connectivity index (χ0) is 15.6. The summed E-state index contributed by atoms with van der Waals surface area (Å²) in [5, 5.41) is 0.623. The quantitative estimate of drug-likeness (QED) is 0.753. The van der Waals surface area contributed by atoms with Crippen molar-refractivity contribution >= 4 is 29.0 Å². The highest BCUT2D eigenvalue weighted by Crippen LogP contribution is 2.28. The van der Waals surface area contributed by atoms with E-state index in [0.717, 1.165) is 6.07 Å². The summed E-state index contributed by atoms with van der Waals surface area (Å²) in [6.07, 6.45) is -3.88. The van der Waals surface area contributed by atoms with E-state index < -0.39 is 11.7 Å². The van der Waals surface area contributed by atoms with Crippen LogP contribution in [0.2, 0.25) is 10.0 Å². The Morgan fingerprint density at radius 1 is 1.10 bits per heavy atom. The van der Waals surface area contributed by atoms with Gasteiger partial charge in [-0.2, -0.15) is 13.2 Å². The fraction of sp³-hybridized carbons (Fsp3) is 0.143. The molecule has 0 aliphatic heterocycles. The molecule has 0 saturated heterocycles. The van der Waals surface area contributed by atoms with Gasteiger partial charge in [0.05, 0.1) is 12.0 Å². The highest BCUT2D eigenvalue weighted by Gasteiger charge is 2.30. The Morgan fingerprint density at radius 2 is 1.71 bits per heavy atom. The summed E-state index contributed by atoms with van der Waals surface area (Å²) < 4.78 is 37.2. The van der Waals surface area contributed by atoms with Crippen LogP contribution in [0.25, 0.3) is 0 Å². The maximum absolute atomic E-state index is 12.4. The monoisotopic (exact) mass is 333 g/mol. The Labute approximate surface area is 128 Å². The number of aromatic nitrogens is 1. The molecule has 0 fully saturated rings. The van der Waals surface area contributed by atoms with Gasteiger partial charge < -0.3 is 0 Å². The van der Waals surface area contributed by atoms with Crippen molar-refractivity contribution in [2.75, 3.05) is 0 Å². The molecule has 7 heteroatoms. The molecule has 0 unspecified atom stereocenters. The number of ketones is 1. The lowest BCUT2D eigenvalue weighted by molar-refractivity contribution is -0.137. The Bertz CT molecular complexity index is 649. The predicted octanol–water partition coefficient (Wildman–Crippen LogP) is 4.83. The number of hydrogen-bond donors (Lipinski definition) is 0. The summed E-state index contributed by atoms with van der Waals surface area (Å²) in [6, 6.07) is 6.43. The lowest BCUT2D eigenvalue weighted by atomic mass is 10.1. The standard InChI is InChI=1S/C14H8Cl2F3NO/c15-10-3-8(4-11(16)5-10)13(21)6-12-2-1-9(7-20-12)14(17,18)19/h1-5,7H,6H2. The first kappa shape index (κ1) is 15.8. The number of halogens is 5. The first-order valence-electron chi connectivity index (χ1n) is 5.77. The van der Waals surface area contributed by atoms with Gasteiger partial charge in [0.25, 0.3) is 0 Å². The first-order chi connectivity index (χ1) is 9.75. The van der Waals surface area contributed by atoms with Crippen molar-refractivity contribution in [1.82, 2.24) is 4.98 Å². The average molecular weight is 334 g/mol. The summed E-state index contributed by atoms with van der Waals surface area (Å²) in [5.41, 5.74) is -0.331. The topological polar surface area (TPSA) is 30.0 Å². The van der Waals surface area contributed by atoms with Crippen LogP contribution in [-0.2, 0) is 12.6 Å². The normalized spacial score (nSPS) is 11.5. The van der Waals surface area contributed by atoms with Crippen molar-refractivity contribution in [1.29, 1.82) is 0 Å². The number of alkyl halides is 3. The first-order valence-corrected chi connectivity index (χ1v) is 6.53. The fourth-order valence-corrected chi connectivity index (χ4v) is 2.20. The van der Waals surface area contributed by atoms with Gasteiger partial charge in [-0.1, -0.05) is 23.2 Å². The van der Waals surface area contributed by atoms with Gasteiger partial charge in [-0.25, -0.2) is 0 Å². The summed E-state index contributed by atoms with van der Waals surface area (Å²) >= 11 is 11.6. The van der Waals surface area contributed by atoms with Crippen LogP contribution in [0.3, 0.4) is 0 Å². The van der Waals surface area contributed by atoms with Gasteiger partial charge >= 0.3 is 6.18 Å². The van der Waals surface area contributed by atoms with Crippen LogP contribution in [-0.4, -0.2) is 10.8 Å². The molecule has 1 heterocycles. The van der Waals surface area contributed by atoms with Crippen molar-refractivity contribution in [3.8, 4) is 0 Å². The van der Waals surface area contributed by atoms with Gasteiger partial charge in [0.1, 0.15) is 0 Å². The van der Waals surface area contributed by atoms with Crippen molar-refractivity contribution in [3.05, 3.63) is 63.4 Å². The molecule has 0 saturated carbocycles. The van der Waals surface area contributed by atoms with E-state index in [1.165, 1.54) is 24.3 Å². The minimum Gasteiger partial charge on any atom is -0.294 e. The molecular weight excluding hydrogens is 326 g/mol. The zero-order valence-electron chi connectivity index (χ0n) is 10.4. The smallest absolute Gasteiger partial charge is 0.294 e. The maximum atomic E-state index is 12.4. The third kappa shape index (κ3) is 4.19. The second kappa shape index (κ2) is 6.03. The lowest BCUT2D eigenvalue weighted by Gasteiger charge is -2.07. The molecule has 0 N–H and O–H groups in total. The molecular formula is C14H8Cl2F3NO. The summed E-state index contributed by atoms with van der Waals surface area (Å²) in [4.78, 5) is 15.7.